The summed E-state index contributed by atoms with van der Waals surface area (Å²) in [5, 5.41) is 10.9. The van der Waals surface area contributed by atoms with Crippen LogP contribution < -0.4 is 0 Å². The molecule has 0 aliphatic carbocycles. The number of piperidine rings is 3. The molecular weight excluding hydrogens is 330 g/mol. The van der Waals surface area contributed by atoms with Gasteiger partial charge in [0.2, 0.25) is 0 Å². The van der Waals surface area contributed by atoms with Gasteiger partial charge in [-0.15, -0.1) is 0 Å². The molecule has 3 heterocycles. The standard InChI is InChI=1S/C25H33NO/c1-24(2,3)20-9-11-22(12-10-20)25(18-27,21-7-5-4-6-8-21)23-17-26-15-13-19(23)14-16-26/h4-12,19,23,27H,13-18H2,1-3H3. The van der Waals surface area contributed by atoms with Crippen LogP contribution in [0, 0.1) is 11.8 Å². The van der Waals surface area contributed by atoms with Crippen LogP contribution in [0.1, 0.15) is 50.3 Å². The van der Waals surface area contributed by atoms with E-state index in [1.165, 1.54) is 42.6 Å². The summed E-state index contributed by atoms with van der Waals surface area (Å²) >= 11 is 0. The van der Waals surface area contributed by atoms with E-state index in [1.807, 2.05) is 0 Å². The van der Waals surface area contributed by atoms with Gasteiger partial charge in [-0.3, -0.25) is 0 Å². The second kappa shape index (κ2) is 7.07. The first-order valence-electron chi connectivity index (χ1n) is 10.4. The lowest BCUT2D eigenvalue weighted by molar-refractivity contribution is -0.000858. The van der Waals surface area contributed by atoms with E-state index in [-0.39, 0.29) is 17.4 Å². The van der Waals surface area contributed by atoms with Crippen LogP contribution in [0.4, 0.5) is 0 Å². The fourth-order valence-electron chi connectivity index (χ4n) is 5.42. The monoisotopic (exact) mass is 363 g/mol. The average molecular weight is 364 g/mol. The Morgan fingerprint density at radius 3 is 1.89 bits per heavy atom. The van der Waals surface area contributed by atoms with Gasteiger partial charge in [-0.1, -0.05) is 75.4 Å². The molecule has 2 aromatic rings. The highest BCUT2D eigenvalue weighted by molar-refractivity contribution is 5.43. The molecule has 3 aliphatic heterocycles. The summed E-state index contributed by atoms with van der Waals surface area (Å²) < 4.78 is 0. The first-order valence-corrected chi connectivity index (χ1v) is 10.4. The summed E-state index contributed by atoms with van der Waals surface area (Å²) in [6.07, 6.45) is 2.53. The molecule has 3 aliphatic rings. The second-order valence-corrected chi connectivity index (χ2v) is 9.57. The van der Waals surface area contributed by atoms with Crippen LogP contribution in [0.2, 0.25) is 0 Å². The molecule has 0 radical (unpaired) electrons. The Bertz CT molecular complexity index is 753. The minimum Gasteiger partial charge on any atom is -0.395 e. The molecule has 2 atom stereocenters. The van der Waals surface area contributed by atoms with Crippen LogP contribution in [0.5, 0.6) is 0 Å². The fourth-order valence-corrected chi connectivity index (χ4v) is 5.42. The van der Waals surface area contributed by atoms with Gasteiger partial charge < -0.3 is 10.0 Å². The van der Waals surface area contributed by atoms with Gasteiger partial charge in [0, 0.05) is 12.0 Å². The molecule has 144 valence electrons. The SMILES string of the molecule is CC(C)(C)c1ccc(C(CO)(c2ccccc2)C2CN3CCC2CC3)cc1. The van der Waals surface area contributed by atoms with Crippen molar-refractivity contribution in [2.24, 2.45) is 11.8 Å². The normalized spacial score (nSPS) is 27.3. The zero-order valence-electron chi connectivity index (χ0n) is 17.0. The Kier molecular flexibility index (Phi) is 4.90. The van der Waals surface area contributed by atoms with Crippen molar-refractivity contribution in [2.75, 3.05) is 26.2 Å². The lowest BCUT2D eigenvalue weighted by atomic mass is 9.58. The van der Waals surface area contributed by atoms with E-state index in [1.54, 1.807) is 0 Å². The smallest absolute Gasteiger partial charge is 0.0572 e. The Hall–Kier alpha value is -1.64. The van der Waals surface area contributed by atoms with Crippen molar-refractivity contribution in [3.8, 4) is 0 Å². The first-order chi connectivity index (χ1) is 12.9. The number of benzene rings is 2. The van der Waals surface area contributed by atoms with Crippen molar-refractivity contribution in [3.63, 3.8) is 0 Å². The molecule has 0 aromatic heterocycles. The zero-order valence-corrected chi connectivity index (χ0v) is 17.0. The summed E-state index contributed by atoms with van der Waals surface area (Å²) in [4.78, 5) is 2.60. The van der Waals surface area contributed by atoms with Gasteiger partial charge in [0.15, 0.2) is 0 Å². The van der Waals surface area contributed by atoms with Gasteiger partial charge in [-0.2, -0.15) is 0 Å². The highest BCUT2D eigenvalue weighted by Crippen LogP contribution is 2.48. The molecule has 2 bridgehead atoms. The van der Waals surface area contributed by atoms with Gasteiger partial charge in [0.1, 0.15) is 0 Å². The molecule has 2 heteroatoms. The van der Waals surface area contributed by atoms with Crippen LogP contribution in [-0.2, 0) is 10.8 Å². The maximum Gasteiger partial charge on any atom is 0.0572 e. The van der Waals surface area contributed by atoms with Crippen molar-refractivity contribution in [1.82, 2.24) is 4.90 Å². The van der Waals surface area contributed by atoms with Crippen molar-refractivity contribution >= 4 is 0 Å². The molecule has 1 N–H and O–H groups in total. The van der Waals surface area contributed by atoms with Gasteiger partial charge >= 0.3 is 0 Å². The Morgan fingerprint density at radius 2 is 1.41 bits per heavy atom. The lowest BCUT2D eigenvalue weighted by Gasteiger charge is -2.53. The molecule has 2 aromatic carbocycles. The number of rotatable bonds is 4. The molecule has 3 saturated heterocycles. The highest BCUT2D eigenvalue weighted by Gasteiger charge is 2.49. The number of fused-ring (bicyclic) bond motifs is 3. The zero-order chi connectivity index (χ0) is 19.1. The number of hydrogen-bond acceptors (Lipinski definition) is 2. The fraction of sp³-hybridized carbons (Fsp3) is 0.520. The molecule has 2 unspecified atom stereocenters. The van der Waals surface area contributed by atoms with Crippen molar-refractivity contribution < 1.29 is 5.11 Å². The summed E-state index contributed by atoms with van der Waals surface area (Å²) in [5.74, 6) is 1.16. The topological polar surface area (TPSA) is 23.5 Å². The predicted octanol–water partition coefficient (Wildman–Crippen LogP) is 4.60. The summed E-state index contributed by atoms with van der Waals surface area (Å²) in [7, 11) is 0. The van der Waals surface area contributed by atoms with Crippen LogP contribution in [0.15, 0.2) is 54.6 Å². The quantitative estimate of drug-likeness (QED) is 0.858. The summed E-state index contributed by atoms with van der Waals surface area (Å²) in [5.41, 5.74) is 3.70. The van der Waals surface area contributed by atoms with E-state index in [0.717, 1.165) is 6.54 Å². The van der Waals surface area contributed by atoms with Crippen molar-refractivity contribution in [3.05, 3.63) is 71.3 Å². The maximum absolute atomic E-state index is 10.9. The molecule has 3 fully saturated rings. The number of nitrogens with zero attached hydrogens (tertiary/aromatic N) is 1. The molecule has 5 rings (SSSR count). The van der Waals surface area contributed by atoms with Crippen LogP contribution >= 0.6 is 0 Å². The van der Waals surface area contributed by atoms with Crippen molar-refractivity contribution in [2.45, 2.75) is 44.4 Å². The average Bonchev–Trinajstić information content (AvgIpc) is 2.71. The third-order valence-corrected chi connectivity index (χ3v) is 7.09. The highest BCUT2D eigenvalue weighted by atomic mass is 16.3. The largest absolute Gasteiger partial charge is 0.395 e. The predicted molar refractivity (Wildman–Crippen MR) is 112 cm³/mol. The Morgan fingerprint density at radius 1 is 0.852 bits per heavy atom. The summed E-state index contributed by atoms with van der Waals surface area (Å²) in [6, 6.07) is 19.8. The van der Waals surface area contributed by atoms with Gasteiger partial charge in [0.05, 0.1) is 6.61 Å². The van der Waals surface area contributed by atoms with E-state index in [9.17, 15) is 5.11 Å². The van der Waals surface area contributed by atoms with E-state index >= 15 is 0 Å². The minimum atomic E-state index is -0.318. The van der Waals surface area contributed by atoms with Crippen molar-refractivity contribution in [1.29, 1.82) is 0 Å². The molecule has 27 heavy (non-hydrogen) atoms. The molecule has 0 saturated carbocycles. The maximum atomic E-state index is 10.9. The lowest BCUT2D eigenvalue weighted by Crippen LogP contribution is -2.56. The van der Waals surface area contributed by atoms with E-state index in [0.29, 0.717) is 11.8 Å². The number of aliphatic hydroxyl groups excluding tert-OH is 1. The second-order valence-electron chi connectivity index (χ2n) is 9.57. The third kappa shape index (κ3) is 3.23. The molecule has 0 amide bonds. The Balaban J connectivity index is 1.83. The van der Waals surface area contributed by atoms with E-state index in [2.05, 4.69) is 80.3 Å². The first kappa shape index (κ1) is 18.7. The molecular formula is C25H33NO. The van der Waals surface area contributed by atoms with E-state index < -0.39 is 0 Å². The van der Waals surface area contributed by atoms with Gasteiger partial charge in [-0.25, -0.2) is 0 Å². The van der Waals surface area contributed by atoms with Crippen LogP contribution in [-0.4, -0.2) is 36.2 Å². The summed E-state index contributed by atoms with van der Waals surface area (Å²) in [6.45, 7) is 10.5. The molecule has 2 nitrogen and oxygen atoms in total. The third-order valence-electron chi connectivity index (χ3n) is 7.09. The van der Waals surface area contributed by atoms with Crippen LogP contribution in [0.3, 0.4) is 0 Å². The van der Waals surface area contributed by atoms with Crippen LogP contribution in [0.25, 0.3) is 0 Å². The number of hydrogen-bond donors (Lipinski definition) is 1. The van der Waals surface area contributed by atoms with Gasteiger partial charge in [0.25, 0.3) is 0 Å². The Labute approximate surface area is 164 Å². The molecule has 0 spiro atoms. The number of aliphatic hydroxyl groups is 1. The van der Waals surface area contributed by atoms with Gasteiger partial charge in [-0.05, 0) is 59.9 Å². The van der Waals surface area contributed by atoms with E-state index in [4.69, 9.17) is 0 Å². The minimum absolute atomic E-state index is 0.142.